The van der Waals surface area contributed by atoms with Gasteiger partial charge in [-0.1, -0.05) is 89.2 Å². The average Bonchev–Trinajstić information content (AvgIpc) is 2.38. The third-order valence-electron chi connectivity index (χ3n) is 3.03. The van der Waals surface area contributed by atoms with Gasteiger partial charge in [0.15, 0.2) is 0 Å². The SMILES string of the molecule is CCCCCCCNC(=S)SCCCCCCC.[Fe]. The van der Waals surface area contributed by atoms with Crippen LogP contribution in [0.4, 0.5) is 0 Å². The number of thiocarbonyl (C=S) groups is 1. The molecule has 1 nitrogen and oxygen atoms in total. The zero-order valence-electron chi connectivity index (χ0n) is 12.7. The van der Waals surface area contributed by atoms with Gasteiger partial charge in [-0.05, 0) is 12.8 Å². The van der Waals surface area contributed by atoms with Gasteiger partial charge in [-0.2, -0.15) is 0 Å². The first kappa shape index (κ1) is 22.0. The van der Waals surface area contributed by atoms with E-state index in [0.29, 0.717) is 0 Å². The number of hydrogen-bond donors (Lipinski definition) is 1. The molecule has 0 aromatic carbocycles. The number of nitrogens with one attached hydrogen (secondary N) is 1. The van der Waals surface area contributed by atoms with Gasteiger partial charge in [-0.15, -0.1) is 0 Å². The second kappa shape index (κ2) is 18.8. The number of rotatable bonds is 12. The summed E-state index contributed by atoms with van der Waals surface area (Å²) in [5, 5.41) is 3.36. The van der Waals surface area contributed by atoms with Crippen molar-refractivity contribution in [2.45, 2.75) is 78.1 Å². The first-order valence-corrected chi connectivity index (χ1v) is 9.11. The maximum atomic E-state index is 5.31. The molecule has 0 unspecified atom stereocenters. The van der Waals surface area contributed by atoms with Gasteiger partial charge >= 0.3 is 0 Å². The first-order chi connectivity index (χ1) is 8.81. The molecule has 0 fully saturated rings. The van der Waals surface area contributed by atoms with Crippen molar-refractivity contribution in [2.24, 2.45) is 0 Å². The Morgan fingerprint density at radius 2 is 1.37 bits per heavy atom. The number of thioether (sulfide) groups is 1. The minimum atomic E-state index is 0. The fourth-order valence-electron chi connectivity index (χ4n) is 1.84. The predicted octanol–water partition coefficient (Wildman–Crippen LogP) is 5.53. The van der Waals surface area contributed by atoms with Crippen molar-refractivity contribution in [1.82, 2.24) is 5.32 Å². The first-order valence-electron chi connectivity index (χ1n) is 7.71. The van der Waals surface area contributed by atoms with Gasteiger partial charge in [0.05, 0.1) is 0 Å². The van der Waals surface area contributed by atoms with Crippen molar-refractivity contribution in [3.8, 4) is 0 Å². The monoisotopic (exact) mass is 345 g/mol. The van der Waals surface area contributed by atoms with Gasteiger partial charge in [0.2, 0.25) is 0 Å². The molecule has 0 saturated carbocycles. The molecule has 0 bridgehead atoms. The van der Waals surface area contributed by atoms with E-state index in [9.17, 15) is 0 Å². The van der Waals surface area contributed by atoms with Crippen molar-refractivity contribution in [2.75, 3.05) is 12.3 Å². The summed E-state index contributed by atoms with van der Waals surface area (Å²) < 4.78 is 1.00. The molecule has 0 heterocycles. The molecular formula is C15H31FeNS2. The van der Waals surface area contributed by atoms with Crippen LogP contribution in [-0.4, -0.2) is 16.6 Å². The van der Waals surface area contributed by atoms with E-state index in [2.05, 4.69) is 19.2 Å². The Morgan fingerprint density at radius 1 is 0.842 bits per heavy atom. The van der Waals surface area contributed by atoms with Gasteiger partial charge in [0, 0.05) is 29.4 Å². The van der Waals surface area contributed by atoms with Crippen LogP contribution in [0.2, 0.25) is 0 Å². The summed E-state index contributed by atoms with van der Waals surface area (Å²) in [7, 11) is 0. The summed E-state index contributed by atoms with van der Waals surface area (Å²) in [6, 6.07) is 0. The number of unbranched alkanes of at least 4 members (excludes halogenated alkanes) is 8. The fraction of sp³-hybridized carbons (Fsp3) is 0.933. The van der Waals surface area contributed by atoms with Crippen LogP contribution in [0.5, 0.6) is 0 Å². The molecule has 0 aliphatic rings. The van der Waals surface area contributed by atoms with Crippen LogP contribution >= 0.6 is 24.0 Å². The molecule has 0 spiro atoms. The molecule has 1 N–H and O–H groups in total. The van der Waals surface area contributed by atoms with Gasteiger partial charge in [-0.25, -0.2) is 0 Å². The summed E-state index contributed by atoms with van der Waals surface area (Å²) in [6.45, 7) is 5.57. The third-order valence-corrected chi connectivity index (χ3v) is 4.43. The van der Waals surface area contributed by atoms with E-state index in [4.69, 9.17) is 12.2 Å². The van der Waals surface area contributed by atoms with Gasteiger partial charge in [-0.3, -0.25) is 0 Å². The van der Waals surface area contributed by atoms with Gasteiger partial charge < -0.3 is 5.32 Å². The van der Waals surface area contributed by atoms with Gasteiger partial charge in [0.1, 0.15) is 4.32 Å². The zero-order chi connectivity index (χ0) is 13.5. The van der Waals surface area contributed by atoms with E-state index in [0.717, 1.165) is 10.9 Å². The van der Waals surface area contributed by atoms with Crippen LogP contribution in [0.3, 0.4) is 0 Å². The molecule has 0 radical (unpaired) electrons. The summed E-state index contributed by atoms with van der Waals surface area (Å²) in [6.07, 6.45) is 13.4. The molecule has 0 atom stereocenters. The minimum absolute atomic E-state index is 0. The Hall–Kier alpha value is 0.759. The second-order valence-corrected chi connectivity index (χ2v) is 6.66. The molecule has 0 aromatic rings. The van der Waals surface area contributed by atoms with Gasteiger partial charge in [0.25, 0.3) is 0 Å². The van der Waals surface area contributed by atoms with E-state index in [-0.39, 0.29) is 17.1 Å². The average molecular weight is 345 g/mol. The molecule has 0 amide bonds. The Bertz CT molecular complexity index is 171. The maximum absolute atomic E-state index is 5.31. The summed E-state index contributed by atoms with van der Waals surface area (Å²) in [5.74, 6) is 1.19. The van der Waals surface area contributed by atoms with Crippen molar-refractivity contribution < 1.29 is 17.1 Å². The predicted molar refractivity (Wildman–Crippen MR) is 90.6 cm³/mol. The van der Waals surface area contributed by atoms with E-state index in [1.165, 1.54) is 70.0 Å². The Balaban J connectivity index is 0. The molecule has 0 aliphatic heterocycles. The van der Waals surface area contributed by atoms with Crippen LogP contribution in [-0.2, 0) is 17.1 Å². The Morgan fingerprint density at radius 3 is 1.95 bits per heavy atom. The zero-order valence-corrected chi connectivity index (χ0v) is 15.4. The smallest absolute Gasteiger partial charge is 0.133 e. The number of hydrogen-bond acceptors (Lipinski definition) is 2. The molecule has 0 aliphatic carbocycles. The van der Waals surface area contributed by atoms with Crippen LogP contribution in [0, 0.1) is 0 Å². The third kappa shape index (κ3) is 18.8. The van der Waals surface area contributed by atoms with E-state index < -0.39 is 0 Å². The van der Waals surface area contributed by atoms with E-state index in [1.807, 2.05) is 11.8 Å². The molecule has 116 valence electrons. The Labute approximate surface area is 140 Å². The standard InChI is InChI=1S/C15H31NS2.Fe/c1-3-5-7-9-11-13-16-15(17)18-14-12-10-8-6-4-2;/h3-14H2,1-2H3,(H,16,17);. The molecule has 19 heavy (non-hydrogen) atoms. The summed E-state index contributed by atoms with van der Waals surface area (Å²) in [5.41, 5.74) is 0. The molecule has 0 aromatic heterocycles. The minimum Gasteiger partial charge on any atom is -0.371 e. The van der Waals surface area contributed by atoms with Crippen molar-refractivity contribution in [3.05, 3.63) is 0 Å². The largest absolute Gasteiger partial charge is 0.371 e. The van der Waals surface area contributed by atoms with E-state index >= 15 is 0 Å². The van der Waals surface area contributed by atoms with Crippen molar-refractivity contribution >= 4 is 28.3 Å². The topological polar surface area (TPSA) is 12.0 Å². The van der Waals surface area contributed by atoms with Crippen molar-refractivity contribution in [1.29, 1.82) is 0 Å². The fourth-order valence-corrected chi connectivity index (χ4v) is 2.93. The molecular weight excluding hydrogens is 314 g/mol. The van der Waals surface area contributed by atoms with E-state index in [1.54, 1.807) is 0 Å². The Kier molecular flexibility index (Phi) is 21.8. The van der Waals surface area contributed by atoms with Crippen LogP contribution < -0.4 is 5.32 Å². The quantitative estimate of drug-likeness (QED) is 0.284. The second-order valence-electron chi connectivity index (χ2n) is 4.89. The molecule has 0 rings (SSSR count). The van der Waals surface area contributed by atoms with Crippen LogP contribution in [0.1, 0.15) is 78.1 Å². The summed E-state index contributed by atoms with van der Waals surface area (Å²) >= 11 is 7.13. The maximum Gasteiger partial charge on any atom is 0.133 e. The summed E-state index contributed by atoms with van der Waals surface area (Å²) in [4.78, 5) is 0. The van der Waals surface area contributed by atoms with Crippen LogP contribution in [0.25, 0.3) is 0 Å². The van der Waals surface area contributed by atoms with Crippen molar-refractivity contribution in [3.63, 3.8) is 0 Å². The molecule has 4 heteroatoms. The normalized spacial score (nSPS) is 10.0. The van der Waals surface area contributed by atoms with Crippen LogP contribution in [0.15, 0.2) is 0 Å². The molecule has 0 saturated heterocycles.